The van der Waals surface area contributed by atoms with Gasteiger partial charge in [0.2, 0.25) is 5.91 Å². The van der Waals surface area contributed by atoms with E-state index < -0.39 is 0 Å². The lowest BCUT2D eigenvalue weighted by atomic mass is 9.84. The summed E-state index contributed by atoms with van der Waals surface area (Å²) in [5.41, 5.74) is 0.193. The maximum absolute atomic E-state index is 12.0. The van der Waals surface area contributed by atoms with Crippen LogP contribution in [0.1, 0.15) is 40.0 Å². The number of alkyl halides is 1. The normalized spacial score (nSPS) is 24.9. The zero-order chi connectivity index (χ0) is 12.9. The summed E-state index contributed by atoms with van der Waals surface area (Å²) in [6.45, 7) is 7.81. The molecule has 1 aliphatic heterocycles. The SMILES string of the molecule is CCC(CC)(CBr)CNC(=O)C1CCOC1C. The molecule has 4 heteroatoms. The van der Waals surface area contributed by atoms with E-state index in [9.17, 15) is 4.79 Å². The molecule has 0 bridgehead atoms. The van der Waals surface area contributed by atoms with Gasteiger partial charge in [-0.3, -0.25) is 4.79 Å². The molecule has 0 radical (unpaired) electrons. The van der Waals surface area contributed by atoms with E-state index in [1.165, 1.54) is 0 Å². The Bertz CT molecular complexity index is 246. The second kappa shape index (κ2) is 6.74. The number of halogens is 1. The van der Waals surface area contributed by atoms with Crippen molar-refractivity contribution >= 4 is 21.8 Å². The third-order valence-electron chi connectivity index (χ3n) is 4.13. The first-order chi connectivity index (χ1) is 8.08. The molecular formula is C13H24BrNO2. The molecular weight excluding hydrogens is 282 g/mol. The van der Waals surface area contributed by atoms with Gasteiger partial charge in [0, 0.05) is 18.5 Å². The second-order valence-electron chi connectivity index (χ2n) is 5.03. The number of carbonyl (C=O) groups excluding carboxylic acids is 1. The van der Waals surface area contributed by atoms with Crippen molar-refractivity contribution in [2.45, 2.75) is 46.1 Å². The fourth-order valence-corrected chi connectivity index (χ4v) is 3.21. The van der Waals surface area contributed by atoms with Crippen molar-refractivity contribution in [3.63, 3.8) is 0 Å². The average Bonchev–Trinajstić information content (AvgIpc) is 2.78. The fourth-order valence-electron chi connectivity index (χ4n) is 2.22. The average molecular weight is 306 g/mol. The van der Waals surface area contributed by atoms with Crippen LogP contribution in [0.25, 0.3) is 0 Å². The molecule has 0 aliphatic carbocycles. The zero-order valence-electron chi connectivity index (χ0n) is 11.1. The van der Waals surface area contributed by atoms with Crippen LogP contribution in [0.2, 0.25) is 0 Å². The predicted molar refractivity (Wildman–Crippen MR) is 73.3 cm³/mol. The minimum atomic E-state index is 0.0386. The number of ether oxygens (including phenoxy) is 1. The molecule has 0 aromatic carbocycles. The van der Waals surface area contributed by atoms with E-state index in [0.29, 0.717) is 6.61 Å². The van der Waals surface area contributed by atoms with Crippen molar-refractivity contribution < 1.29 is 9.53 Å². The first kappa shape index (κ1) is 15.0. The summed E-state index contributed by atoms with van der Waals surface area (Å²) in [5.74, 6) is 0.193. The Morgan fingerprint density at radius 1 is 1.47 bits per heavy atom. The molecule has 1 heterocycles. The van der Waals surface area contributed by atoms with Crippen molar-refractivity contribution in [2.24, 2.45) is 11.3 Å². The molecule has 1 fully saturated rings. The Labute approximate surface area is 113 Å². The second-order valence-corrected chi connectivity index (χ2v) is 5.59. The van der Waals surface area contributed by atoms with Gasteiger partial charge in [-0.15, -0.1) is 0 Å². The Kier molecular flexibility index (Phi) is 5.93. The van der Waals surface area contributed by atoms with Gasteiger partial charge >= 0.3 is 0 Å². The summed E-state index contributed by atoms with van der Waals surface area (Å²) in [6, 6.07) is 0. The van der Waals surface area contributed by atoms with E-state index in [0.717, 1.165) is 31.1 Å². The van der Waals surface area contributed by atoms with Gasteiger partial charge in [0.15, 0.2) is 0 Å². The summed E-state index contributed by atoms with van der Waals surface area (Å²) in [7, 11) is 0. The minimum absolute atomic E-state index is 0.0386. The van der Waals surface area contributed by atoms with Gasteiger partial charge in [0.25, 0.3) is 0 Å². The van der Waals surface area contributed by atoms with Gasteiger partial charge in [-0.2, -0.15) is 0 Å². The largest absolute Gasteiger partial charge is 0.378 e. The minimum Gasteiger partial charge on any atom is -0.378 e. The quantitative estimate of drug-likeness (QED) is 0.766. The van der Waals surface area contributed by atoms with Crippen molar-refractivity contribution in [3.8, 4) is 0 Å². The van der Waals surface area contributed by atoms with Gasteiger partial charge in [0.05, 0.1) is 12.0 Å². The van der Waals surface area contributed by atoms with Crippen LogP contribution in [-0.2, 0) is 9.53 Å². The zero-order valence-corrected chi connectivity index (χ0v) is 12.7. The highest BCUT2D eigenvalue weighted by Crippen LogP contribution is 2.28. The topological polar surface area (TPSA) is 38.3 Å². The van der Waals surface area contributed by atoms with Crippen molar-refractivity contribution in [1.29, 1.82) is 0 Å². The van der Waals surface area contributed by atoms with Gasteiger partial charge < -0.3 is 10.1 Å². The first-order valence-corrected chi connectivity index (χ1v) is 7.66. The molecule has 1 amide bonds. The van der Waals surface area contributed by atoms with Crippen LogP contribution in [0.15, 0.2) is 0 Å². The van der Waals surface area contributed by atoms with Crippen LogP contribution in [0.4, 0.5) is 0 Å². The molecule has 1 N–H and O–H groups in total. The van der Waals surface area contributed by atoms with E-state index in [1.54, 1.807) is 0 Å². The van der Waals surface area contributed by atoms with E-state index in [2.05, 4.69) is 35.1 Å². The molecule has 1 aliphatic rings. The molecule has 0 aromatic heterocycles. The molecule has 17 heavy (non-hydrogen) atoms. The van der Waals surface area contributed by atoms with Crippen molar-refractivity contribution in [1.82, 2.24) is 5.32 Å². The molecule has 0 spiro atoms. The van der Waals surface area contributed by atoms with E-state index in [4.69, 9.17) is 4.74 Å². The Balaban J connectivity index is 2.46. The van der Waals surface area contributed by atoms with Crippen LogP contribution >= 0.6 is 15.9 Å². The number of carbonyl (C=O) groups is 1. The molecule has 2 atom stereocenters. The smallest absolute Gasteiger partial charge is 0.225 e. The molecule has 0 aromatic rings. The number of hydrogen-bond acceptors (Lipinski definition) is 2. The third kappa shape index (κ3) is 3.68. The Morgan fingerprint density at radius 3 is 2.53 bits per heavy atom. The summed E-state index contributed by atoms with van der Waals surface area (Å²) in [4.78, 5) is 12.0. The highest BCUT2D eigenvalue weighted by molar-refractivity contribution is 9.09. The molecule has 1 saturated heterocycles. The molecule has 100 valence electrons. The number of amides is 1. The number of rotatable bonds is 6. The van der Waals surface area contributed by atoms with Crippen LogP contribution in [-0.4, -0.2) is 30.5 Å². The Hall–Kier alpha value is -0.0900. The first-order valence-electron chi connectivity index (χ1n) is 6.54. The lowest BCUT2D eigenvalue weighted by Gasteiger charge is -2.30. The van der Waals surface area contributed by atoms with Crippen molar-refractivity contribution in [3.05, 3.63) is 0 Å². The summed E-state index contributed by atoms with van der Waals surface area (Å²) < 4.78 is 5.43. The van der Waals surface area contributed by atoms with E-state index in [-0.39, 0.29) is 23.3 Å². The summed E-state index contributed by atoms with van der Waals surface area (Å²) >= 11 is 3.56. The molecule has 1 rings (SSSR count). The fraction of sp³-hybridized carbons (Fsp3) is 0.923. The third-order valence-corrected chi connectivity index (χ3v) is 5.32. The predicted octanol–water partition coefficient (Wildman–Crippen LogP) is 2.73. The van der Waals surface area contributed by atoms with Gasteiger partial charge in [0.1, 0.15) is 0 Å². The lowest BCUT2D eigenvalue weighted by Crippen LogP contribution is -2.42. The van der Waals surface area contributed by atoms with Gasteiger partial charge in [-0.05, 0) is 31.6 Å². The standard InChI is InChI=1S/C13H24BrNO2/c1-4-13(5-2,8-14)9-15-12(16)11-6-7-17-10(11)3/h10-11H,4-9H2,1-3H3,(H,15,16). The number of hydrogen-bond donors (Lipinski definition) is 1. The number of nitrogens with one attached hydrogen (secondary N) is 1. The highest BCUT2D eigenvalue weighted by Gasteiger charge is 2.32. The van der Waals surface area contributed by atoms with Crippen LogP contribution in [0, 0.1) is 11.3 Å². The monoisotopic (exact) mass is 305 g/mol. The van der Waals surface area contributed by atoms with Gasteiger partial charge in [-0.25, -0.2) is 0 Å². The van der Waals surface area contributed by atoms with Gasteiger partial charge in [-0.1, -0.05) is 29.8 Å². The van der Waals surface area contributed by atoms with Crippen LogP contribution in [0.3, 0.4) is 0 Å². The molecule has 0 saturated carbocycles. The van der Waals surface area contributed by atoms with Crippen molar-refractivity contribution in [2.75, 3.05) is 18.5 Å². The summed E-state index contributed by atoms with van der Waals surface area (Å²) in [6.07, 6.45) is 3.07. The maximum Gasteiger partial charge on any atom is 0.225 e. The molecule has 2 unspecified atom stereocenters. The van der Waals surface area contributed by atoms with Crippen LogP contribution < -0.4 is 5.32 Å². The summed E-state index contributed by atoms with van der Waals surface area (Å²) in [5, 5.41) is 4.03. The maximum atomic E-state index is 12.0. The van der Waals surface area contributed by atoms with E-state index >= 15 is 0 Å². The van der Waals surface area contributed by atoms with Crippen LogP contribution in [0.5, 0.6) is 0 Å². The van der Waals surface area contributed by atoms with E-state index in [1.807, 2.05) is 6.92 Å². The Morgan fingerprint density at radius 2 is 2.12 bits per heavy atom. The lowest BCUT2D eigenvalue weighted by molar-refractivity contribution is -0.126. The highest BCUT2D eigenvalue weighted by atomic mass is 79.9. The molecule has 3 nitrogen and oxygen atoms in total.